The van der Waals surface area contributed by atoms with Gasteiger partial charge in [0.1, 0.15) is 11.5 Å². The molecule has 0 saturated heterocycles. The zero-order valence-corrected chi connectivity index (χ0v) is 17.6. The largest absolute Gasteiger partial charge is 0.503 e. The van der Waals surface area contributed by atoms with E-state index in [9.17, 15) is 14.7 Å². The van der Waals surface area contributed by atoms with Crippen LogP contribution in [-0.4, -0.2) is 63.1 Å². The Morgan fingerprint density at radius 1 is 1.23 bits per heavy atom. The molecule has 1 amide bonds. The minimum atomic E-state index is -0.822. The van der Waals surface area contributed by atoms with Crippen molar-refractivity contribution in [3.63, 3.8) is 0 Å². The Morgan fingerprint density at radius 3 is 2.60 bits per heavy atom. The molecule has 1 aliphatic rings. The van der Waals surface area contributed by atoms with Gasteiger partial charge < -0.3 is 28.8 Å². The van der Waals surface area contributed by atoms with Crippen LogP contribution in [0.4, 0.5) is 0 Å². The molecule has 0 unspecified atom stereocenters. The summed E-state index contributed by atoms with van der Waals surface area (Å²) in [5, 5.41) is 10.7. The summed E-state index contributed by atoms with van der Waals surface area (Å²) in [6.45, 7) is 1.20. The number of amides is 1. The van der Waals surface area contributed by atoms with Crippen LogP contribution in [0.5, 0.6) is 11.5 Å². The van der Waals surface area contributed by atoms with E-state index in [1.54, 1.807) is 24.3 Å². The van der Waals surface area contributed by atoms with E-state index in [-0.39, 0.29) is 11.3 Å². The van der Waals surface area contributed by atoms with Crippen LogP contribution in [-0.2, 0) is 4.79 Å². The van der Waals surface area contributed by atoms with Gasteiger partial charge in [-0.25, -0.2) is 0 Å². The molecule has 2 N–H and O–H groups in total. The van der Waals surface area contributed by atoms with E-state index < -0.39 is 23.5 Å². The standard InChI is InChI=1S/C22H26N2O6/c1-23(2)10-6-11-24-19(15-13-14(28-3)8-9-16(15)29-4)18(21(26)22(24)27)20(25)17-7-5-12-30-17/h5,7-9,12-13,19,26H,6,10-11H2,1-4H3/p+1/t19-/m1/s1. The lowest BCUT2D eigenvalue weighted by Gasteiger charge is -2.28. The van der Waals surface area contributed by atoms with E-state index in [0.717, 1.165) is 6.54 Å². The van der Waals surface area contributed by atoms with Gasteiger partial charge in [0.2, 0.25) is 5.78 Å². The summed E-state index contributed by atoms with van der Waals surface area (Å²) in [5.41, 5.74) is 0.528. The molecule has 1 aromatic carbocycles. The van der Waals surface area contributed by atoms with E-state index in [1.165, 1.54) is 36.3 Å². The van der Waals surface area contributed by atoms with Crippen molar-refractivity contribution in [2.24, 2.45) is 0 Å². The number of aliphatic hydroxyl groups excluding tert-OH is 1. The Hall–Kier alpha value is -3.26. The maximum absolute atomic E-state index is 13.2. The molecular formula is C22H27N2O6+. The number of methoxy groups -OCH3 is 2. The molecule has 0 radical (unpaired) electrons. The fourth-order valence-corrected chi connectivity index (χ4v) is 3.64. The number of benzene rings is 1. The van der Waals surface area contributed by atoms with Crippen molar-refractivity contribution in [1.82, 2.24) is 4.90 Å². The second-order valence-electron chi connectivity index (χ2n) is 7.39. The lowest BCUT2D eigenvalue weighted by Crippen LogP contribution is -3.05. The molecule has 0 fully saturated rings. The Morgan fingerprint density at radius 2 is 2.00 bits per heavy atom. The van der Waals surface area contributed by atoms with Gasteiger partial charge in [-0.2, -0.15) is 0 Å². The molecule has 8 nitrogen and oxygen atoms in total. The van der Waals surface area contributed by atoms with Gasteiger partial charge in [-0.3, -0.25) is 9.59 Å². The predicted molar refractivity (Wildman–Crippen MR) is 109 cm³/mol. The second kappa shape index (κ2) is 9.04. The summed E-state index contributed by atoms with van der Waals surface area (Å²) in [4.78, 5) is 28.9. The molecule has 8 heteroatoms. The van der Waals surface area contributed by atoms with Gasteiger partial charge in [-0.05, 0) is 30.3 Å². The third-order valence-corrected chi connectivity index (χ3v) is 5.10. The zero-order valence-electron chi connectivity index (χ0n) is 17.6. The van der Waals surface area contributed by atoms with Crippen molar-refractivity contribution < 1.29 is 33.5 Å². The molecule has 1 aromatic heterocycles. The summed E-state index contributed by atoms with van der Waals surface area (Å²) in [6, 6.07) is 7.43. The summed E-state index contributed by atoms with van der Waals surface area (Å²) < 4.78 is 16.1. The van der Waals surface area contributed by atoms with Gasteiger partial charge in [-0.15, -0.1) is 0 Å². The SMILES string of the molecule is COc1ccc(OC)c([C@@H]2C(C(=O)c3ccco3)=C(O)C(=O)N2CCC[NH+](C)C)c1. The molecule has 3 rings (SSSR count). The third-order valence-electron chi connectivity index (χ3n) is 5.10. The van der Waals surface area contributed by atoms with E-state index in [1.807, 2.05) is 14.1 Å². The van der Waals surface area contributed by atoms with Crippen LogP contribution in [0.1, 0.15) is 28.6 Å². The highest BCUT2D eigenvalue weighted by molar-refractivity contribution is 6.15. The van der Waals surface area contributed by atoms with E-state index >= 15 is 0 Å². The van der Waals surface area contributed by atoms with Gasteiger partial charge in [-0.1, -0.05) is 0 Å². The third kappa shape index (κ3) is 4.04. The van der Waals surface area contributed by atoms with Crippen LogP contribution in [0, 0.1) is 0 Å². The van der Waals surface area contributed by atoms with Crippen LogP contribution >= 0.6 is 0 Å². The lowest BCUT2D eigenvalue weighted by molar-refractivity contribution is -0.858. The Kier molecular flexibility index (Phi) is 6.47. The number of hydrogen-bond acceptors (Lipinski definition) is 6. The Balaban J connectivity index is 2.10. The van der Waals surface area contributed by atoms with Crippen molar-refractivity contribution in [3.05, 3.63) is 59.3 Å². The normalized spacial score (nSPS) is 16.5. The lowest BCUT2D eigenvalue weighted by atomic mass is 9.94. The van der Waals surface area contributed by atoms with Crippen LogP contribution in [0.15, 0.2) is 52.3 Å². The smallest absolute Gasteiger partial charge is 0.290 e. The molecule has 2 aromatic rings. The van der Waals surface area contributed by atoms with E-state index in [2.05, 4.69) is 0 Å². The van der Waals surface area contributed by atoms with Crippen molar-refractivity contribution >= 4 is 11.7 Å². The summed E-state index contributed by atoms with van der Waals surface area (Å²) in [5.74, 6) is -0.613. The van der Waals surface area contributed by atoms with Crippen LogP contribution < -0.4 is 14.4 Å². The number of ketones is 1. The molecule has 0 aliphatic carbocycles. The van der Waals surface area contributed by atoms with Gasteiger partial charge in [0, 0.05) is 18.5 Å². The quantitative estimate of drug-likeness (QED) is 0.602. The fraction of sp³-hybridized carbons (Fsp3) is 0.364. The molecule has 1 aliphatic heterocycles. The summed E-state index contributed by atoms with van der Waals surface area (Å²) in [6.07, 6.45) is 2.08. The second-order valence-corrected chi connectivity index (χ2v) is 7.39. The van der Waals surface area contributed by atoms with Crippen LogP contribution in [0.25, 0.3) is 0 Å². The summed E-state index contributed by atoms with van der Waals surface area (Å²) >= 11 is 0. The predicted octanol–water partition coefficient (Wildman–Crippen LogP) is 1.41. The molecule has 160 valence electrons. The average Bonchev–Trinajstić information content (AvgIpc) is 3.35. The first-order valence-corrected chi connectivity index (χ1v) is 9.72. The molecule has 2 heterocycles. The highest BCUT2D eigenvalue weighted by atomic mass is 16.5. The minimum Gasteiger partial charge on any atom is -0.503 e. The van der Waals surface area contributed by atoms with Crippen molar-refractivity contribution in [1.29, 1.82) is 0 Å². The monoisotopic (exact) mass is 415 g/mol. The van der Waals surface area contributed by atoms with Crippen molar-refractivity contribution in [2.45, 2.75) is 12.5 Å². The van der Waals surface area contributed by atoms with Crippen LogP contribution in [0.3, 0.4) is 0 Å². The van der Waals surface area contributed by atoms with E-state index in [0.29, 0.717) is 30.0 Å². The number of nitrogens with one attached hydrogen (secondary N) is 1. The maximum Gasteiger partial charge on any atom is 0.290 e. The Labute approximate surface area is 175 Å². The number of aliphatic hydroxyl groups is 1. The molecule has 0 bridgehead atoms. The highest BCUT2D eigenvalue weighted by Gasteiger charge is 2.45. The molecule has 0 saturated carbocycles. The number of carbonyl (C=O) groups is 2. The van der Waals surface area contributed by atoms with Crippen molar-refractivity contribution in [2.75, 3.05) is 41.4 Å². The number of nitrogens with zero attached hydrogens (tertiary/aromatic N) is 1. The van der Waals surface area contributed by atoms with Gasteiger partial charge >= 0.3 is 0 Å². The van der Waals surface area contributed by atoms with Gasteiger partial charge in [0.25, 0.3) is 5.91 Å². The summed E-state index contributed by atoms with van der Waals surface area (Å²) in [7, 11) is 7.09. The zero-order chi connectivity index (χ0) is 21.8. The van der Waals surface area contributed by atoms with E-state index in [4.69, 9.17) is 13.9 Å². The number of Topliss-reactive ketones (excluding diaryl/α,β-unsaturated/α-hetero) is 1. The number of hydrogen-bond donors (Lipinski definition) is 2. The number of ether oxygens (including phenoxy) is 2. The average molecular weight is 415 g/mol. The maximum atomic E-state index is 13.2. The van der Waals surface area contributed by atoms with Gasteiger partial charge in [0.15, 0.2) is 11.5 Å². The first-order chi connectivity index (χ1) is 14.4. The number of rotatable bonds is 9. The highest BCUT2D eigenvalue weighted by Crippen LogP contribution is 2.43. The van der Waals surface area contributed by atoms with Crippen molar-refractivity contribution in [3.8, 4) is 11.5 Å². The van der Waals surface area contributed by atoms with Crippen LogP contribution in [0.2, 0.25) is 0 Å². The molecule has 0 spiro atoms. The first kappa shape index (κ1) is 21.4. The minimum absolute atomic E-state index is 0.0290. The first-order valence-electron chi connectivity index (χ1n) is 9.72. The number of quaternary nitrogens is 1. The molecular weight excluding hydrogens is 388 g/mol. The molecule has 1 atom stereocenters. The number of furan rings is 1. The van der Waals surface area contributed by atoms with Gasteiger partial charge in [0.05, 0.1) is 52.7 Å². The number of carbonyl (C=O) groups excluding carboxylic acids is 2. The Bertz CT molecular complexity index is 949. The molecule has 30 heavy (non-hydrogen) atoms. The fourth-order valence-electron chi connectivity index (χ4n) is 3.64. The topological polar surface area (TPSA) is 93.6 Å².